The first-order chi connectivity index (χ1) is 14.7. The lowest BCUT2D eigenvalue weighted by Gasteiger charge is -2.09. The van der Waals surface area contributed by atoms with Crippen LogP contribution in [0.5, 0.6) is 0 Å². The van der Waals surface area contributed by atoms with E-state index in [2.05, 4.69) is 4.98 Å². The normalized spacial score (nSPS) is 11.2. The zero-order valence-corrected chi connectivity index (χ0v) is 16.8. The molecule has 2 aromatic heterocycles. The van der Waals surface area contributed by atoms with Crippen molar-refractivity contribution in [1.82, 2.24) is 4.98 Å². The second-order valence-electron chi connectivity index (χ2n) is 6.25. The molecule has 0 saturated carbocycles. The van der Waals surface area contributed by atoms with Gasteiger partial charge in [0.25, 0.3) is 5.69 Å². The van der Waals surface area contributed by atoms with Gasteiger partial charge in [-0.05, 0) is 23.4 Å². The number of esters is 1. The van der Waals surface area contributed by atoms with Gasteiger partial charge in [0.2, 0.25) is 0 Å². The quantitative estimate of drug-likeness (QED) is 0.300. The fourth-order valence-electron chi connectivity index (χ4n) is 3.16. The van der Waals surface area contributed by atoms with Crippen LogP contribution in [0, 0.1) is 21.4 Å². The molecule has 2 heterocycles. The molecule has 0 aliphatic heterocycles. The molecule has 1 aromatic carbocycles. The zero-order valence-electron chi connectivity index (χ0n) is 15.9. The van der Waals surface area contributed by atoms with Gasteiger partial charge in [0.05, 0.1) is 24.0 Å². The third-order valence-corrected chi connectivity index (χ3v) is 5.35. The second kappa shape index (κ2) is 8.61. The molecule has 31 heavy (non-hydrogen) atoms. The first-order valence-corrected chi connectivity index (χ1v) is 9.75. The number of alkyl halides is 3. The average molecular weight is 449 g/mol. The number of aromatic nitrogens is 1. The Hall–Kier alpha value is -3.65. The van der Waals surface area contributed by atoms with Gasteiger partial charge in [-0.2, -0.15) is 18.4 Å². The minimum Gasteiger partial charge on any atom is -0.461 e. The van der Waals surface area contributed by atoms with E-state index in [0.29, 0.717) is 10.4 Å². The van der Waals surface area contributed by atoms with Crippen molar-refractivity contribution in [3.05, 3.63) is 62.8 Å². The molecule has 0 spiro atoms. The van der Waals surface area contributed by atoms with Gasteiger partial charge in [-0.1, -0.05) is 24.3 Å². The highest BCUT2D eigenvalue weighted by molar-refractivity contribution is 7.14. The summed E-state index contributed by atoms with van der Waals surface area (Å²) < 4.78 is 45.5. The van der Waals surface area contributed by atoms with Gasteiger partial charge in [-0.3, -0.25) is 10.1 Å². The lowest BCUT2D eigenvalue weighted by Crippen LogP contribution is -2.10. The summed E-state index contributed by atoms with van der Waals surface area (Å²) in [5, 5.41) is 21.8. The number of ether oxygens (including phenoxy) is 1. The van der Waals surface area contributed by atoms with E-state index in [4.69, 9.17) is 10.00 Å². The molecule has 3 aromatic rings. The maximum absolute atomic E-state index is 13.5. The minimum absolute atomic E-state index is 0.0484. The highest BCUT2D eigenvalue weighted by Gasteiger charge is 2.39. The smallest absolute Gasteiger partial charge is 0.431 e. The largest absolute Gasteiger partial charge is 0.461 e. The maximum Gasteiger partial charge on any atom is 0.431 e. The number of benzene rings is 1. The van der Waals surface area contributed by atoms with Gasteiger partial charge in [0.1, 0.15) is 16.3 Å². The van der Waals surface area contributed by atoms with E-state index >= 15 is 0 Å². The molecule has 0 radical (unpaired) electrons. The molecule has 0 amide bonds. The van der Waals surface area contributed by atoms with Crippen molar-refractivity contribution in [3.8, 4) is 27.6 Å². The molecule has 160 valence electrons. The van der Waals surface area contributed by atoms with Crippen LogP contribution in [0.15, 0.2) is 35.7 Å². The highest BCUT2D eigenvalue weighted by Crippen LogP contribution is 2.41. The summed E-state index contributed by atoms with van der Waals surface area (Å²) in [5.74, 6) is -0.981. The van der Waals surface area contributed by atoms with Crippen LogP contribution in [0.1, 0.15) is 28.7 Å². The number of nitrogens with one attached hydrogen (secondary N) is 1. The van der Waals surface area contributed by atoms with Crippen LogP contribution in [0.4, 0.5) is 18.9 Å². The Morgan fingerprint density at radius 2 is 1.90 bits per heavy atom. The molecule has 0 unspecified atom stereocenters. The average Bonchev–Trinajstić information content (AvgIpc) is 3.34. The van der Waals surface area contributed by atoms with E-state index in [9.17, 15) is 28.1 Å². The first-order valence-electron chi connectivity index (χ1n) is 8.87. The molecule has 1 N–H and O–H groups in total. The van der Waals surface area contributed by atoms with Crippen molar-refractivity contribution < 1.29 is 27.6 Å². The van der Waals surface area contributed by atoms with E-state index in [1.165, 1.54) is 37.3 Å². The Morgan fingerprint density at radius 1 is 1.26 bits per heavy atom. The molecule has 11 heteroatoms. The lowest BCUT2D eigenvalue weighted by atomic mass is 9.96. The molecular weight excluding hydrogens is 435 g/mol. The van der Waals surface area contributed by atoms with Crippen molar-refractivity contribution in [2.75, 3.05) is 6.61 Å². The molecule has 0 atom stereocenters. The van der Waals surface area contributed by atoms with Crippen LogP contribution >= 0.6 is 11.3 Å². The van der Waals surface area contributed by atoms with Gasteiger partial charge in [0, 0.05) is 17.2 Å². The fourth-order valence-corrected chi connectivity index (χ4v) is 4.03. The summed E-state index contributed by atoms with van der Waals surface area (Å²) in [4.78, 5) is 25.4. The van der Waals surface area contributed by atoms with Crippen LogP contribution in [0.3, 0.4) is 0 Å². The van der Waals surface area contributed by atoms with Gasteiger partial charge in [-0.25, -0.2) is 4.79 Å². The Balaban J connectivity index is 2.17. The standard InChI is InChI=1S/C20H14F3N3O4S/c1-2-30-19(27)16-15(13(7-9-24)18(25-16)20(21,22)23)11-3-5-12(6-4-11)17-14(26(28)29)8-10-31-17/h3-6,8,10,25H,2,7H2,1H3. The number of carbonyl (C=O) groups excluding carboxylic acids is 1. The van der Waals surface area contributed by atoms with Crippen molar-refractivity contribution in [1.29, 1.82) is 5.26 Å². The van der Waals surface area contributed by atoms with Gasteiger partial charge >= 0.3 is 12.1 Å². The predicted molar refractivity (Wildman–Crippen MR) is 106 cm³/mol. The number of hydrogen-bond acceptors (Lipinski definition) is 6. The number of H-pyrrole nitrogens is 1. The third-order valence-electron chi connectivity index (χ3n) is 4.40. The summed E-state index contributed by atoms with van der Waals surface area (Å²) in [6.45, 7) is 1.47. The topological polar surface area (TPSA) is 109 Å². The number of thiophene rings is 1. The number of rotatable bonds is 6. The SMILES string of the molecule is CCOC(=O)c1[nH]c(C(F)(F)F)c(CC#N)c1-c1ccc(-c2sccc2[N+](=O)[O-])cc1. The van der Waals surface area contributed by atoms with E-state index in [1.54, 1.807) is 11.4 Å². The maximum atomic E-state index is 13.5. The summed E-state index contributed by atoms with van der Waals surface area (Å²) in [6.07, 6.45) is -5.40. The summed E-state index contributed by atoms with van der Waals surface area (Å²) in [6, 6.07) is 8.99. The van der Waals surface area contributed by atoms with Gasteiger partial charge < -0.3 is 9.72 Å². The summed E-state index contributed by atoms with van der Waals surface area (Å²) in [7, 11) is 0. The van der Waals surface area contributed by atoms with Crippen LogP contribution < -0.4 is 0 Å². The summed E-state index contributed by atoms with van der Waals surface area (Å²) in [5.41, 5.74) is -1.40. The van der Waals surface area contributed by atoms with Crippen LogP contribution in [0.25, 0.3) is 21.6 Å². The molecule has 0 saturated heterocycles. The third kappa shape index (κ3) is 4.29. The Morgan fingerprint density at radius 3 is 2.45 bits per heavy atom. The highest BCUT2D eigenvalue weighted by atomic mass is 32.1. The fraction of sp³-hybridized carbons (Fsp3) is 0.200. The molecule has 0 aliphatic carbocycles. The molecule has 7 nitrogen and oxygen atoms in total. The number of halogens is 3. The van der Waals surface area contributed by atoms with Crippen molar-refractivity contribution in [2.45, 2.75) is 19.5 Å². The van der Waals surface area contributed by atoms with Crippen LogP contribution in [-0.4, -0.2) is 22.5 Å². The first kappa shape index (κ1) is 22.0. The number of aromatic amines is 1. The monoisotopic (exact) mass is 449 g/mol. The van der Waals surface area contributed by atoms with E-state index < -0.39 is 34.9 Å². The van der Waals surface area contributed by atoms with Crippen LogP contribution in [0.2, 0.25) is 0 Å². The number of nitriles is 1. The van der Waals surface area contributed by atoms with Gasteiger partial charge in [-0.15, -0.1) is 11.3 Å². The van der Waals surface area contributed by atoms with E-state index in [0.717, 1.165) is 11.3 Å². The Kier molecular flexibility index (Phi) is 6.12. The number of hydrogen-bond donors (Lipinski definition) is 1. The molecule has 3 rings (SSSR count). The second-order valence-corrected chi connectivity index (χ2v) is 7.17. The van der Waals surface area contributed by atoms with Crippen molar-refractivity contribution >= 4 is 23.0 Å². The Labute approximate surface area is 177 Å². The number of carbonyl (C=O) groups is 1. The summed E-state index contributed by atoms with van der Waals surface area (Å²) >= 11 is 1.15. The predicted octanol–water partition coefficient (Wildman–Crippen LogP) is 5.58. The molecule has 0 bridgehead atoms. The lowest BCUT2D eigenvalue weighted by molar-refractivity contribution is -0.383. The molecule has 0 aliphatic rings. The minimum atomic E-state index is -4.82. The zero-order chi connectivity index (χ0) is 22.8. The van der Waals surface area contributed by atoms with E-state index in [-0.39, 0.29) is 29.0 Å². The number of nitrogens with zero attached hydrogens (tertiary/aromatic N) is 2. The van der Waals surface area contributed by atoms with Crippen molar-refractivity contribution in [3.63, 3.8) is 0 Å². The number of nitro groups is 1. The van der Waals surface area contributed by atoms with Crippen molar-refractivity contribution in [2.24, 2.45) is 0 Å². The van der Waals surface area contributed by atoms with E-state index in [1.807, 2.05) is 0 Å². The van der Waals surface area contributed by atoms with Gasteiger partial charge in [0.15, 0.2) is 0 Å². The molecular formula is C20H14F3N3O4S. The van der Waals surface area contributed by atoms with Crippen LogP contribution in [-0.2, 0) is 17.3 Å². The Bertz CT molecular complexity index is 1170. The molecule has 0 fully saturated rings.